The number of hydrogen-bond acceptors (Lipinski definition) is 3. The number of fused-ring (bicyclic) bond motifs is 1. The summed E-state index contributed by atoms with van der Waals surface area (Å²) in [7, 11) is 0. The van der Waals surface area contributed by atoms with Crippen molar-refractivity contribution in [3.63, 3.8) is 0 Å². The van der Waals surface area contributed by atoms with E-state index >= 15 is 0 Å². The van der Waals surface area contributed by atoms with E-state index in [1.54, 1.807) is 24.3 Å². The lowest BCUT2D eigenvalue weighted by Gasteiger charge is -2.17. The highest BCUT2D eigenvalue weighted by atomic mass is 32.2. The van der Waals surface area contributed by atoms with E-state index < -0.39 is 0 Å². The number of nitrogens with zero attached hydrogens (tertiary/aromatic N) is 1. The zero-order chi connectivity index (χ0) is 20.2. The fourth-order valence-corrected chi connectivity index (χ4v) is 4.29. The van der Waals surface area contributed by atoms with Crippen LogP contribution in [0, 0.1) is 6.92 Å². The van der Waals surface area contributed by atoms with Crippen LogP contribution in [0.15, 0.2) is 77.7 Å². The molecule has 0 saturated carbocycles. The highest BCUT2D eigenvalue weighted by molar-refractivity contribution is 8.00. The predicted molar refractivity (Wildman–Crippen MR) is 119 cm³/mol. The second kappa shape index (κ2) is 8.53. The molecule has 0 saturated heterocycles. The van der Waals surface area contributed by atoms with Gasteiger partial charge in [-0.25, -0.2) is 0 Å². The first-order chi connectivity index (χ1) is 14.1. The van der Waals surface area contributed by atoms with Crippen LogP contribution in [0.2, 0.25) is 0 Å². The number of para-hydroxylation sites is 1. The van der Waals surface area contributed by atoms with Crippen LogP contribution in [0.3, 0.4) is 0 Å². The lowest BCUT2D eigenvalue weighted by molar-refractivity contribution is -0.113. The number of carbonyl (C=O) groups is 2. The quantitative estimate of drug-likeness (QED) is 0.616. The molecule has 0 radical (unpaired) electrons. The molecule has 0 bridgehead atoms. The highest BCUT2D eigenvalue weighted by Crippen LogP contribution is 2.29. The van der Waals surface area contributed by atoms with Gasteiger partial charge in [-0.2, -0.15) is 0 Å². The van der Waals surface area contributed by atoms with Gasteiger partial charge >= 0.3 is 0 Å². The third kappa shape index (κ3) is 4.35. The van der Waals surface area contributed by atoms with Crippen LogP contribution >= 0.6 is 11.8 Å². The zero-order valence-electron chi connectivity index (χ0n) is 16.2. The molecule has 1 aliphatic rings. The lowest BCUT2D eigenvalue weighted by atomic mass is 10.1. The van der Waals surface area contributed by atoms with E-state index in [1.165, 1.54) is 17.3 Å². The first-order valence-corrected chi connectivity index (χ1v) is 10.6. The maximum atomic E-state index is 12.9. The van der Waals surface area contributed by atoms with E-state index in [0.29, 0.717) is 23.5 Å². The van der Waals surface area contributed by atoms with Gasteiger partial charge in [-0.05, 0) is 60.9 Å². The van der Waals surface area contributed by atoms with Crippen molar-refractivity contribution in [2.24, 2.45) is 0 Å². The van der Waals surface area contributed by atoms with Crippen LogP contribution in [0.5, 0.6) is 0 Å². The molecule has 146 valence electrons. The van der Waals surface area contributed by atoms with Crippen molar-refractivity contribution in [2.45, 2.75) is 18.2 Å². The molecule has 1 heterocycles. The largest absolute Gasteiger partial charge is 0.325 e. The highest BCUT2D eigenvalue weighted by Gasteiger charge is 2.24. The Morgan fingerprint density at radius 2 is 1.69 bits per heavy atom. The molecule has 2 amide bonds. The molecule has 1 aliphatic heterocycles. The van der Waals surface area contributed by atoms with E-state index in [4.69, 9.17) is 0 Å². The van der Waals surface area contributed by atoms with Crippen molar-refractivity contribution in [1.29, 1.82) is 0 Å². The van der Waals surface area contributed by atoms with Gasteiger partial charge in [-0.3, -0.25) is 9.59 Å². The summed E-state index contributed by atoms with van der Waals surface area (Å²) in [4.78, 5) is 28.1. The molecule has 3 aromatic carbocycles. The van der Waals surface area contributed by atoms with E-state index in [2.05, 4.69) is 11.4 Å². The van der Waals surface area contributed by atoms with Gasteiger partial charge in [0, 0.05) is 28.4 Å². The number of nitrogens with one attached hydrogen (secondary N) is 1. The molecule has 0 spiro atoms. The number of rotatable bonds is 5. The molecule has 29 heavy (non-hydrogen) atoms. The van der Waals surface area contributed by atoms with Gasteiger partial charge in [-0.15, -0.1) is 11.8 Å². The van der Waals surface area contributed by atoms with Gasteiger partial charge in [0.15, 0.2) is 0 Å². The Morgan fingerprint density at radius 1 is 0.966 bits per heavy atom. The Morgan fingerprint density at radius 3 is 2.48 bits per heavy atom. The summed E-state index contributed by atoms with van der Waals surface area (Å²) in [6.45, 7) is 2.74. The van der Waals surface area contributed by atoms with Gasteiger partial charge in [-0.1, -0.05) is 36.4 Å². The van der Waals surface area contributed by atoms with Crippen molar-refractivity contribution >= 4 is 35.0 Å². The average molecular weight is 403 g/mol. The number of hydrogen-bond donors (Lipinski definition) is 1. The topological polar surface area (TPSA) is 49.4 Å². The fraction of sp³-hybridized carbons (Fsp3) is 0.167. The van der Waals surface area contributed by atoms with Gasteiger partial charge in [0.2, 0.25) is 5.91 Å². The van der Waals surface area contributed by atoms with E-state index in [-0.39, 0.29) is 11.8 Å². The summed E-state index contributed by atoms with van der Waals surface area (Å²) in [5, 5.41) is 2.90. The second-order valence-electron chi connectivity index (χ2n) is 7.02. The molecular formula is C24H22N2O2S. The van der Waals surface area contributed by atoms with Crippen molar-refractivity contribution < 1.29 is 9.59 Å². The fourth-order valence-electron chi connectivity index (χ4n) is 3.46. The molecule has 4 nitrogen and oxygen atoms in total. The van der Waals surface area contributed by atoms with Crippen molar-refractivity contribution in [2.75, 3.05) is 22.5 Å². The van der Waals surface area contributed by atoms with Crippen LogP contribution in [-0.2, 0) is 11.2 Å². The lowest BCUT2D eigenvalue weighted by Crippen LogP contribution is -2.28. The minimum atomic E-state index is -0.0641. The number of aryl methyl sites for hydroxylation is 1. The third-order valence-electron chi connectivity index (χ3n) is 5.00. The molecule has 0 aliphatic carbocycles. The maximum Gasteiger partial charge on any atom is 0.258 e. The van der Waals surface area contributed by atoms with Crippen LogP contribution in [0.25, 0.3) is 0 Å². The average Bonchev–Trinajstić information content (AvgIpc) is 3.17. The summed E-state index contributed by atoms with van der Waals surface area (Å²) >= 11 is 1.52. The Hall–Kier alpha value is -3.05. The van der Waals surface area contributed by atoms with Crippen LogP contribution < -0.4 is 10.2 Å². The molecule has 0 unspecified atom stereocenters. The Bertz CT molecular complexity index is 1050. The minimum absolute atomic E-state index is 0.0112. The van der Waals surface area contributed by atoms with Crippen LogP contribution in [0.4, 0.5) is 11.4 Å². The first kappa shape index (κ1) is 19.3. The van der Waals surface area contributed by atoms with Crippen molar-refractivity contribution in [3.05, 3.63) is 89.5 Å². The Balaban J connectivity index is 1.36. The first-order valence-electron chi connectivity index (χ1n) is 9.60. The van der Waals surface area contributed by atoms with Crippen LogP contribution in [-0.4, -0.2) is 24.1 Å². The molecule has 0 fully saturated rings. The minimum Gasteiger partial charge on any atom is -0.325 e. The molecular weight excluding hydrogens is 380 g/mol. The molecule has 3 aromatic rings. The van der Waals surface area contributed by atoms with Gasteiger partial charge in [0.1, 0.15) is 0 Å². The summed E-state index contributed by atoms with van der Waals surface area (Å²) in [5.41, 5.74) is 4.67. The van der Waals surface area contributed by atoms with E-state index in [9.17, 15) is 9.59 Å². The monoisotopic (exact) mass is 402 g/mol. The number of amides is 2. The summed E-state index contributed by atoms with van der Waals surface area (Å²) in [5.74, 6) is 0.268. The zero-order valence-corrected chi connectivity index (χ0v) is 17.0. The molecule has 4 rings (SSSR count). The molecule has 0 atom stereocenters. The summed E-state index contributed by atoms with van der Waals surface area (Å²) < 4.78 is 0. The molecule has 1 N–H and O–H groups in total. The summed E-state index contributed by atoms with van der Waals surface area (Å²) in [6.07, 6.45) is 0.884. The van der Waals surface area contributed by atoms with Crippen molar-refractivity contribution in [1.82, 2.24) is 0 Å². The smallest absolute Gasteiger partial charge is 0.258 e. The molecule has 5 heteroatoms. The maximum absolute atomic E-state index is 12.9. The van der Waals surface area contributed by atoms with Gasteiger partial charge < -0.3 is 10.2 Å². The number of thioether (sulfide) groups is 1. The SMILES string of the molecule is Cc1ccccc1SCC(=O)Nc1ccc(C(=O)N2CCc3ccccc32)cc1. The predicted octanol–water partition coefficient (Wildman–Crippen LogP) is 4.93. The number of benzene rings is 3. The van der Waals surface area contributed by atoms with Crippen molar-refractivity contribution in [3.8, 4) is 0 Å². The normalized spacial score (nSPS) is 12.5. The standard InChI is InChI=1S/C24H22N2O2S/c1-17-6-2-5-9-22(17)29-16-23(27)25-20-12-10-19(11-13-20)24(28)26-15-14-18-7-3-4-8-21(18)26/h2-13H,14-16H2,1H3,(H,25,27). The third-order valence-corrected chi connectivity index (χ3v) is 6.18. The van der Waals surface area contributed by atoms with E-state index in [0.717, 1.165) is 22.6 Å². The number of carbonyl (C=O) groups excluding carboxylic acids is 2. The van der Waals surface area contributed by atoms with Gasteiger partial charge in [0.25, 0.3) is 5.91 Å². The second-order valence-corrected chi connectivity index (χ2v) is 8.03. The Labute approximate surface area is 174 Å². The van der Waals surface area contributed by atoms with Crippen LogP contribution in [0.1, 0.15) is 21.5 Å². The summed E-state index contributed by atoms with van der Waals surface area (Å²) in [6, 6.07) is 23.1. The Kier molecular flexibility index (Phi) is 5.67. The number of anilines is 2. The molecule has 0 aromatic heterocycles. The van der Waals surface area contributed by atoms with Gasteiger partial charge in [0.05, 0.1) is 5.75 Å². The van der Waals surface area contributed by atoms with E-state index in [1.807, 2.05) is 54.3 Å².